The molecule has 0 unspecified atom stereocenters. The Balaban J connectivity index is 2.62. The average Bonchev–Trinajstić information content (AvgIpc) is 2.35. The molecule has 3 aromatic rings. The van der Waals surface area contributed by atoms with E-state index >= 15 is 0 Å². The van der Waals surface area contributed by atoms with Gasteiger partial charge in [0, 0.05) is 25.9 Å². The van der Waals surface area contributed by atoms with Crippen LogP contribution in [0.15, 0.2) is 45.5 Å². The molecule has 0 atom stereocenters. The summed E-state index contributed by atoms with van der Waals surface area (Å²) in [6.07, 6.45) is 1.67. The highest BCUT2D eigenvalue weighted by molar-refractivity contribution is 9.11. The Morgan fingerprint density at radius 1 is 1.00 bits per heavy atom. The fourth-order valence-electron chi connectivity index (χ4n) is 1.93. The van der Waals surface area contributed by atoms with E-state index in [1.165, 1.54) is 0 Å². The molecule has 0 N–H and O–H groups in total. The molecule has 4 heteroatoms. The van der Waals surface area contributed by atoms with Crippen LogP contribution in [0.5, 0.6) is 0 Å². The van der Waals surface area contributed by atoms with Gasteiger partial charge in [0.1, 0.15) is 0 Å². The van der Waals surface area contributed by atoms with Gasteiger partial charge in [0.25, 0.3) is 0 Å². The largest absolute Gasteiger partial charge is 0.254 e. The van der Waals surface area contributed by atoms with Crippen molar-refractivity contribution in [2.45, 2.75) is 0 Å². The lowest BCUT2D eigenvalue weighted by atomic mass is 10.1. The summed E-state index contributed by atoms with van der Waals surface area (Å²) in [5.41, 5.74) is 0.958. The number of benzene rings is 2. The van der Waals surface area contributed by atoms with E-state index in [1.807, 2.05) is 18.2 Å². The molecule has 0 saturated carbocycles. The van der Waals surface area contributed by atoms with Crippen molar-refractivity contribution in [1.82, 2.24) is 4.98 Å². The molecule has 0 radical (unpaired) electrons. The highest BCUT2D eigenvalue weighted by Gasteiger charge is 2.10. The minimum absolute atomic E-state index is 0.625. The standard InChI is InChI=1S/C13H6Br2ClN/c14-10-5-9-12(15)11(16)6-17-13(9)8-4-2-1-3-7(8)10/h1-6H. The zero-order valence-electron chi connectivity index (χ0n) is 8.55. The monoisotopic (exact) mass is 369 g/mol. The highest BCUT2D eigenvalue weighted by atomic mass is 79.9. The number of nitrogens with zero attached hydrogens (tertiary/aromatic N) is 1. The average molecular weight is 371 g/mol. The molecule has 17 heavy (non-hydrogen) atoms. The number of halogens is 3. The van der Waals surface area contributed by atoms with Crippen molar-refractivity contribution < 1.29 is 0 Å². The fourth-order valence-corrected chi connectivity index (χ4v) is 3.06. The van der Waals surface area contributed by atoms with Gasteiger partial charge in [0.2, 0.25) is 0 Å². The maximum absolute atomic E-state index is 6.07. The number of fused-ring (bicyclic) bond motifs is 3. The van der Waals surface area contributed by atoms with Crippen LogP contribution in [0.3, 0.4) is 0 Å². The summed E-state index contributed by atoms with van der Waals surface area (Å²) in [4.78, 5) is 4.43. The summed E-state index contributed by atoms with van der Waals surface area (Å²) in [6, 6.07) is 10.2. The van der Waals surface area contributed by atoms with Gasteiger partial charge in [-0.15, -0.1) is 0 Å². The van der Waals surface area contributed by atoms with Crippen molar-refractivity contribution in [3.05, 3.63) is 50.5 Å². The third-order valence-corrected chi connectivity index (χ3v) is 4.74. The maximum Gasteiger partial charge on any atom is 0.0793 e. The van der Waals surface area contributed by atoms with Gasteiger partial charge in [0.15, 0.2) is 0 Å². The second-order valence-corrected chi connectivity index (χ2v) is 5.77. The van der Waals surface area contributed by atoms with Crippen LogP contribution in [0.1, 0.15) is 0 Å². The van der Waals surface area contributed by atoms with Crippen molar-refractivity contribution in [2.24, 2.45) is 0 Å². The molecule has 0 aliphatic rings. The van der Waals surface area contributed by atoms with Gasteiger partial charge >= 0.3 is 0 Å². The zero-order chi connectivity index (χ0) is 12.0. The van der Waals surface area contributed by atoms with Crippen molar-refractivity contribution in [2.75, 3.05) is 0 Å². The Labute approximate surface area is 120 Å². The predicted molar refractivity (Wildman–Crippen MR) is 79.7 cm³/mol. The van der Waals surface area contributed by atoms with Gasteiger partial charge in [-0.1, -0.05) is 51.8 Å². The van der Waals surface area contributed by atoms with Crippen molar-refractivity contribution in [3.8, 4) is 0 Å². The molecule has 3 rings (SSSR count). The van der Waals surface area contributed by atoms with E-state index in [4.69, 9.17) is 11.6 Å². The summed E-state index contributed by atoms with van der Waals surface area (Å²) < 4.78 is 1.93. The van der Waals surface area contributed by atoms with Crippen LogP contribution >= 0.6 is 43.5 Å². The molecule has 0 amide bonds. The first-order valence-corrected chi connectivity index (χ1v) is 6.96. The summed E-state index contributed by atoms with van der Waals surface area (Å²) in [6.45, 7) is 0. The molecule has 84 valence electrons. The molecule has 0 fully saturated rings. The second kappa shape index (κ2) is 4.23. The van der Waals surface area contributed by atoms with Crippen LogP contribution in [0.25, 0.3) is 21.7 Å². The summed E-state index contributed by atoms with van der Waals surface area (Å²) in [5, 5.41) is 3.92. The van der Waals surface area contributed by atoms with Crippen LogP contribution in [0, 0.1) is 0 Å². The van der Waals surface area contributed by atoms with Gasteiger partial charge in [0.05, 0.1) is 10.5 Å². The van der Waals surface area contributed by atoms with Crippen LogP contribution in [0.4, 0.5) is 0 Å². The molecule has 0 aliphatic heterocycles. The lowest BCUT2D eigenvalue weighted by Gasteiger charge is -2.07. The first-order chi connectivity index (χ1) is 8.18. The molecule has 1 nitrogen and oxygen atoms in total. The SMILES string of the molecule is Clc1cnc2c(cc(Br)c3ccccc32)c1Br. The van der Waals surface area contributed by atoms with Crippen molar-refractivity contribution in [3.63, 3.8) is 0 Å². The quantitative estimate of drug-likeness (QED) is 0.471. The molecule has 1 aromatic heterocycles. The molecular formula is C13H6Br2ClN. The molecular weight excluding hydrogens is 365 g/mol. The Morgan fingerprint density at radius 3 is 2.47 bits per heavy atom. The number of hydrogen-bond donors (Lipinski definition) is 0. The lowest BCUT2D eigenvalue weighted by molar-refractivity contribution is 1.41. The second-order valence-electron chi connectivity index (χ2n) is 3.72. The molecule has 0 aliphatic carbocycles. The van der Waals surface area contributed by atoms with E-state index in [-0.39, 0.29) is 0 Å². The van der Waals surface area contributed by atoms with Gasteiger partial charge in [-0.2, -0.15) is 0 Å². The lowest BCUT2D eigenvalue weighted by Crippen LogP contribution is -1.85. The Bertz CT molecular complexity index is 740. The maximum atomic E-state index is 6.07. The molecule has 1 heterocycles. The summed E-state index contributed by atoms with van der Waals surface area (Å²) >= 11 is 13.2. The highest BCUT2D eigenvalue weighted by Crippen LogP contribution is 2.36. The Hall–Kier alpha value is -0.640. The number of aromatic nitrogens is 1. The zero-order valence-corrected chi connectivity index (χ0v) is 12.5. The number of pyridine rings is 1. The minimum Gasteiger partial charge on any atom is -0.254 e. The van der Waals surface area contributed by atoms with E-state index in [0.717, 1.165) is 30.6 Å². The van der Waals surface area contributed by atoms with Crippen LogP contribution in [-0.2, 0) is 0 Å². The number of hydrogen-bond acceptors (Lipinski definition) is 1. The molecule has 0 spiro atoms. The van der Waals surface area contributed by atoms with E-state index in [2.05, 4.69) is 49.0 Å². The van der Waals surface area contributed by atoms with Gasteiger partial charge in [-0.3, -0.25) is 4.98 Å². The fraction of sp³-hybridized carbons (Fsp3) is 0. The van der Waals surface area contributed by atoms with E-state index in [1.54, 1.807) is 6.20 Å². The van der Waals surface area contributed by atoms with Gasteiger partial charge in [-0.25, -0.2) is 0 Å². The third-order valence-electron chi connectivity index (χ3n) is 2.72. The van der Waals surface area contributed by atoms with E-state index < -0.39 is 0 Å². The van der Waals surface area contributed by atoms with Crippen LogP contribution in [-0.4, -0.2) is 4.98 Å². The third kappa shape index (κ3) is 1.77. The Morgan fingerprint density at radius 2 is 1.71 bits per heavy atom. The van der Waals surface area contributed by atoms with Gasteiger partial charge < -0.3 is 0 Å². The smallest absolute Gasteiger partial charge is 0.0793 e. The first kappa shape index (κ1) is 11.5. The first-order valence-electron chi connectivity index (χ1n) is 4.99. The van der Waals surface area contributed by atoms with Crippen LogP contribution in [0.2, 0.25) is 5.02 Å². The van der Waals surface area contributed by atoms with Gasteiger partial charge in [-0.05, 0) is 27.4 Å². The molecule has 2 aromatic carbocycles. The van der Waals surface area contributed by atoms with Crippen molar-refractivity contribution >= 4 is 65.1 Å². The minimum atomic E-state index is 0.625. The van der Waals surface area contributed by atoms with E-state index in [9.17, 15) is 0 Å². The van der Waals surface area contributed by atoms with E-state index in [0.29, 0.717) is 5.02 Å². The predicted octanol–water partition coefficient (Wildman–Crippen LogP) is 5.57. The number of rotatable bonds is 0. The topological polar surface area (TPSA) is 12.9 Å². The van der Waals surface area contributed by atoms with Crippen LogP contribution < -0.4 is 0 Å². The van der Waals surface area contributed by atoms with Crippen molar-refractivity contribution in [1.29, 1.82) is 0 Å². The summed E-state index contributed by atoms with van der Waals surface area (Å²) in [5.74, 6) is 0. The molecule has 0 bridgehead atoms. The summed E-state index contributed by atoms with van der Waals surface area (Å²) in [7, 11) is 0. The normalized spacial score (nSPS) is 11.2. The molecule has 0 saturated heterocycles. The Kier molecular flexibility index (Phi) is 2.85.